The van der Waals surface area contributed by atoms with Crippen molar-refractivity contribution in [1.82, 2.24) is 9.80 Å². The molecule has 2 aromatic carbocycles. The molecule has 2 amide bonds. The Morgan fingerprint density at radius 3 is 1.35 bits per heavy atom. The zero-order valence-electron chi connectivity index (χ0n) is 20.0. The second kappa shape index (κ2) is 10.5. The second-order valence-electron chi connectivity index (χ2n) is 10.7. The molecule has 5 nitrogen and oxygen atoms in total. The van der Waals surface area contributed by atoms with Gasteiger partial charge in [-0.25, -0.2) is 4.79 Å². The summed E-state index contributed by atoms with van der Waals surface area (Å²) in [5.41, 5.74) is 2.16. The summed E-state index contributed by atoms with van der Waals surface area (Å²) >= 11 is 0. The molecule has 5 heteroatoms. The van der Waals surface area contributed by atoms with Crippen molar-refractivity contribution in [2.75, 3.05) is 13.1 Å². The summed E-state index contributed by atoms with van der Waals surface area (Å²) in [6.45, 7) is 1.33. The number of rotatable bonds is 8. The third-order valence-corrected chi connectivity index (χ3v) is 8.37. The highest BCUT2D eigenvalue weighted by molar-refractivity contribution is 5.76. The van der Waals surface area contributed by atoms with E-state index in [1.54, 1.807) is 0 Å². The normalized spacial score (nSPS) is 28.4. The average Bonchev–Trinajstić information content (AvgIpc) is 2.86. The van der Waals surface area contributed by atoms with Crippen molar-refractivity contribution >= 4 is 6.03 Å². The Hall–Kier alpha value is -2.37. The summed E-state index contributed by atoms with van der Waals surface area (Å²) in [6.07, 6.45) is 6.07. The van der Waals surface area contributed by atoms with Crippen LogP contribution in [0.4, 0.5) is 4.79 Å². The summed E-state index contributed by atoms with van der Waals surface area (Å²) in [7, 11) is 0. The first kappa shape index (κ1) is 23.4. The predicted molar refractivity (Wildman–Crippen MR) is 133 cm³/mol. The molecule has 3 aliphatic rings. The third-order valence-electron chi connectivity index (χ3n) is 8.37. The van der Waals surface area contributed by atoms with Crippen LogP contribution >= 0.6 is 0 Å². The van der Waals surface area contributed by atoms with Crippen molar-refractivity contribution in [2.24, 2.45) is 11.8 Å². The van der Waals surface area contributed by atoms with Gasteiger partial charge in [0.1, 0.15) is 12.2 Å². The number of carbonyl (C=O) groups excluding carboxylic acids is 1. The summed E-state index contributed by atoms with van der Waals surface area (Å²) in [6, 6.07) is 19.2. The fourth-order valence-electron chi connectivity index (χ4n) is 5.78. The Balaban J connectivity index is 1.49. The lowest BCUT2D eigenvalue weighted by atomic mass is 9.84. The molecule has 182 valence electrons. The van der Waals surface area contributed by atoms with Gasteiger partial charge in [-0.3, -0.25) is 0 Å². The van der Waals surface area contributed by atoms with Gasteiger partial charge >= 0.3 is 6.03 Å². The molecule has 4 atom stereocenters. The van der Waals surface area contributed by atoms with Crippen molar-refractivity contribution in [2.45, 2.75) is 75.7 Å². The van der Waals surface area contributed by atoms with Crippen LogP contribution < -0.4 is 0 Å². The quantitative estimate of drug-likeness (QED) is 0.616. The minimum atomic E-state index is -0.996. The standard InChI is InChI=1S/C29H38N2O3/c32-27-25(17-21-9-3-1-4-10-21)30(19-23-13-7-14-23)29(34)31(20-24-15-8-16-24)26(28(27)33)18-22-11-5-2-6-12-22/h1-6,9-12,23-28,32-33H,7-8,13-20H2/t25-,26-,27+,28+/m1/s1. The molecule has 0 radical (unpaired) electrons. The van der Waals surface area contributed by atoms with Gasteiger partial charge in [-0.05, 0) is 61.5 Å². The second-order valence-corrected chi connectivity index (χ2v) is 10.7. The highest BCUT2D eigenvalue weighted by Crippen LogP contribution is 2.35. The van der Waals surface area contributed by atoms with Crippen molar-refractivity contribution in [3.63, 3.8) is 0 Å². The monoisotopic (exact) mass is 462 g/mol. The summed E-state index contributed by atoms with van der Waals surface area (Å²) in [5.74, 6) is 0.977. The smallest absolute Gasteiger partial charge is 0.320 e. The van der Waals surface area contributed by atoms with Crippen LogP contribution in [0.3, 0.4) is 0 Å². The fraction of sp³-hybridized carbons (Fsp3) is 0.552. The molecule has 1 aliphatic heterocycles. The van der Waals surface area contributed by atoms with Crippen LogP contribution in [-0.4, -0.2) is 63.4 Å². The van der Waals surface area contributed by atoms with Gasteiger partial charge in [0.25, 0.3) is 0 Å². The molecule has 0 bridgehead atoms. The zero-order valence-corrected chi connectivity index (χ0v) is 20.0. The highest BCUT2D eigenvalue weighted by atomic mass is 16.3. The van der Waals surface area contributed by atoms with Crippen LogP contribution in [0.2, 0.25) is 0 Å². The molecule has 2 aliphatic carbocycles. The van der Waals surface area contributed by atoms with Gasteiger partial charge in [0.15, 0.2) is 0 Å². The molecular weight excluding hydrogens is 424 g/mol. The summed E-state index contributed by atoms with van der Waals surface area (Å²) in [5, 5.41) is 23.1. The molecule has 0 unspecified atom stereocenters. The molecule has 2 saturated carbocycles. The van der Waals surface area contributed by atoms with Crippen molar-refractivity contribution in [1.29, 1.82) is 0 Å². The molecule has 2 N–H and O–H groups in total. The third kappa shape index (κ3) is 5.01. The first-order valence-electron chi connectivity index (χ1n) is 13.1. The van der Waals surface area contributed by atoms with E-state index in [1.165, 1.54) is 12.8 Å². The van der Waals surface area contributed by atoms with Gasteiger partial charge in [0.05, 0.1) is 12.1 Å². The van der Waals surface area contributed by atoms with Gasteiger partial charge in [-0.1, -0.05) is 73.5 Å². The molecule has 3 fully saturated rings. The number of aliphatic hydroxyl groups excluding tert-OH is 2. The number of hydrogen-bond acceptors (Lipinski definition) is 3. The lowest BCUT2D eigenvalue weighted by molar-refractivity contribution is -0.0430. The van der Waals surface area contributed by atoms with E-state index in [4.69, 9.17) is 0 Å². The number of urea groups is 1. The molecule has 1 heterocycles. The molecule has 34 heavy (non-hydrogen) atoms. The topological polar surface area (TPSA) is 64.0 Å². The van der Waals surface area contributed by atoms with Gasteiger partial charge in [-0.2, -0.15) is 0 Å². The molecular formula is C29H38N2O3. The molecule has 5 rings (SSSR count). The van der Waals surface area contributed by atoms with Crippen molar-refractivity contribution < 1.29 is 15.0 Å². The number of amides is 2. The maximum Gasteiger partial charge on any atom is 0.320 e. The fourth-order valence-corrected chi connectivity index (χ4v) is 5.78. The van der Waals surface area contributed by atoms with Crippen LogP contribution in [-0.2, 0) is 12.8 Å². The molecule has 1 saturated heterocycles. The van der Waals surface area contributed by atoms with Gasteiger partial charge < -0.3 is 20.0 Å². The van der Waals surface area contributed by atoms with Crippen molar-refractivity contribution in [3.8, 4) is 0 Å². The molecule has 0 aromatic heterocycles. The van der Waals surface area contributed by atoms with Crippen LogP contribution in [0, 0.1) is 11.8 Å². The van der Waals surface area contributed by atoms with E-state index >= 15 is 0 Å². The minimum Gasteiger partial charge on any atom is -0.388 e. The van der Waals surface area contributed by atoms with Gasteiger partial charge in [-0.15, -0.1) is 0 Å². The Kier molecular flexibility index (Phi) is 7.21. The minimum absolute atomic E-state index is 0.00346. The Morgan fingerprint density at radius 2 is 1.03 bits per heavy atom. The largest absolute Gasteiger partial charge is 0.388 e. The number of benzene rings is 2. The van der Waals surface area contributed by atoms with Gasteiger partial charge in [0.2, 0.25) is 0 Å². The van der Waals surface area contributed by atoms with Gasteiger partial charge in [0, 0.05) is 13.1 Å². The molecule has 0 spiro atoms. The first-order chi connectivity index (χ1) is 16.6. The zero-order chi connectivity index (χ0) is 23.5. The van der Waals surface area contributed by atoms with E-state index in [1.807, 2.05) is 70.5 Å². The van der Waals surface area contributed by atoms with Crippen LogP contribution in [0.1, 0.15) is 49.7 Å². The average molecular weight is 463 g/mol. The van der Waals surface area contributed by atoms with E-state index in [-0.39, 0.29) is 6.03 Å². The highest BCUT2D eigenvalue weighted by Gasteiger charge is 2.47. The Labute approximate surface area is 203 Å². The number of carbonyl (C=O) groups is 1. The number of nitrogens with zero attached hydrogens (tertiary/aromatic N) is 2. The van der Waals surface area contributed by atoms with Crippen LogP contribution in [0.5, 0.6) is 0 Å². The van der Waals surface area contributed by atoms with Crippen molar-refractivity contribution in [3.05, 3.63) is 71.8 Å². The number of hydrogen-bond donors (Lipinski definition) is 2. The lowest BCUT2D eigenvalue weighted by Gasteiger charge is -2.41. The molecule has 2 aromatic rings. The van der Waals surface area contributed by atoms with E-state index in [2.05, 4.69) is 0 Å². The van der Waals surface area contributed by atoms with Crippen LogP contribution in [0.15, 0.2) is 60.7 Å². The Morgan fingerprint density at radius 1 is 0.647 bits per heavy atom. The van der Waals surface area contributed by atoms with E-state index < -0.39 is 24.3 Å². The maximum atomic E-state index is 14.2. The maximum absolute atomic E-state index is 14.2. The first-order valence-corrected chi connectivity index (χ1v) is 13.1. The summed E-state index contributed by atoms with van der Waals surface area (Å²) < 4.78 is 0. The van der Waals surface area contributed by atoms with E-state index in [9.17, 15) is 15.0 Å². The predicted octanol–water partition coefficient (Wildman–Crippen LogP) is 4.27. The van der Waals surface area contributed by atoms with Crippen LogP contribution in [0.25, 0.3) is 0 Å². The SMILES string of the molecule is O=C1N(CC2CCC2)[C@H](Cc2ccccc2)[C@H](O)[C@@H](O)[C@@H](Cc2ccccc2)N1CC1CCC1. The van der Waals surface area contributed by atoms with E-state index in [0.717, 1.165) is 36.8 Å². The van der Waals surface area contributed by atoms with E-state index in [0.29, 0.717) is 37.8 Å². The Bertz CT molecular complexity index is 853. The number of aliphatic hydroxyl groups is 2. The lowest BCUT2D eigenvalue weighted by Crippen LogP contribution is -2.54. The summed E-state index contributed by atoms with van der Waals surface area (Å²) in [4.78, 5) is 18.1.